The fraction of sp³-hybridized carbons (Fsp3) is 0.333. The number of alkyl halides is 1. The average Bonchev–Trinajstić information content (AvgIpc) is 2.09. The molecular weight excluding hydrogens is 198 g/mol. The van der Waals surface area contributed by atoms with Crippen LogP contribution in [0.1, 0.15) is 6.92 Å². The van der Waals surface area contributed by atoms with Crippen molar-refractivity contribution in [1.82, 2.24) is 5.32 Å². The molecule has 0 bridgehead atoms. The Morgan fingerprint density at radius 2 is 2.00 bits per heavy atom. The minimum absolute atomic E-state index is 0.278. The van der Waals surface area contributed by atoms with Crippen LogP contribution in [-0.2, 0) is 9.59 Å². The number of carbonyl (C=O) groups is 2. The van der Waals surface area contributed by atoms with Crippen molar-refractivity contribution in [2.45, 2.75) is 6.92 Å². The lowest BCUT2D eigenvalue weighted by Crippen LogP contribution is -2.23. The molecule has 4 heteroatoms. The highest BCUT2D eigenvalue weighted by molar-refractivity contribution is 9.09. The summed E-state index contributed by atoms with van der Waals surface area (Å²) >= 11 is 3.11. The Morgan fingerprint density at radius 3 is 2.20 bits per heavy atom. The van der Waals surface area contributed by atoms with Gasteiger partial charge in [-0.25, -0.2) is 0 Å². The topological polar surface area (TPSA) is 46.2 Å². The molecule has 0 aliphatic carbocycles. The molecular formula is C6H6BrNO2. The number of hydrogen-bond acceptors (Lipinski definition) is 2. The highest BCUT2D eigenvalue weighted by Crippen LogP contribution is 2.13. The van der Waals surface area contributed by atoms with Crippen molar-refractivity contribution in [3.8, 4) is 0 Å². The number of amides is 2. The van der Waals surface area contributed by atoms with Crippen LogP contribution in [0, 0.1) is 0 Å². The van der Waals surface area contributed by atoms with Crippen molar-refractivity contribution in [2.24, 2.45) is 0 Å². The van der Waals surface area contributed by atoms with Crippen molar-refractivity contribution in [3.05, 3.63) is 11.1 Å². The molecule has 0 atom stereocenters. The molecule has 1 N–H and O–H groups in total. The third kappa shape index (κ3) is 0.988. The van der Waals surface area contributed by atoms with Gasteiger partial charge in [-0.05, 0) is 6.92 Å². The molecule has 0 fully saturated rings. The van der Waals surface area contributed by atoms with Crippen molar-refractivity contribution in [3.63, 3.8) is 0 Å². The lowest BCUT2D eigenvalue weighted by Gasteiger charge is -1.89. The summed E-state index contributed by atoms with van der Waals surface area (Å²) in [4.78, 5) is 21.5. The Morgan fingerprint density at radius 1 is 1.40 bits per heavy atom. The van der Waals surface area contributed by atoms with Gasteiger partial charge in [0.25, 0.3) is 11.8 Å². The van der Waals surface area contributed by atoms with Crippen LogP contribution < -0.4 is 5.32 Å². The van der Waals surface area contributed by atoms with E-state index >= 15 is 0 Å². The fourth-order valence-corrected chi connectivity index (χ4v) is 1.42. The number of rotatable bonds is 1. The number of halogens is 1. The van der Waals surface area contributed by atoms with E-state index in [1.165, 1.54) is 0 Å². The summed E-state index contributed by atoms with van der Waals surface area (Å²) in [6.07, 6.45) is 0. The van der Waals surface area contributed by atoms with E-state index in [2.05, 4.69) is 21.2 Å². The fourth-order valence-electron chi connectivity index (χ4n) is 0.741. The highest BCUT2D eigenvalue weighted by atomic mass is 79.9. The third-order valence-electron chi connectivity index (χ3n) is 1.43. The molecule has 1 rings (SSSR count). The molecule has 54 valence electrons. The minimum atomic E-state index is -0.278. The summed E-state index contributed by atoms with van der Waals surface area (Å²) in [5, 5.41) is 2.63. The Labute approximate surface area is 66.6 Å². The zero-order chi connectivity index (χ0) is 7.72. The standard InChI is InChI=1S/C6H6BrNO2/c1-3-4(2-7)6(10)8-5(3)9/h2H2,1H3,(H,8,9,10). The van der Waals surface area contributed by atoms with Gasteiger partial charge >= 0.3 is 0 Å². The van der Waals surface area contributed by atoms with Gasteiger partial charge in [0.05, 0.1) is 0 Å². The minimum Gasteiger partial charge on any atom is -0.289 e. The highest BCUT2D eigenvalue weighted by Gasteiger charge is 2.25. The maximum atomic E-state index is 10.8. The van der Waals surface area contributed by atoms with Crippen LogP contribution in [-0.4, -0.2) is 17.1 Å². The molecule has 3 nitrogen and oxygen atoms in total. The van der Waals surface area contributed by atoms with Gasteiger partial charge in [0.15, 0.2) is 0 Å². The number of hydrogen-bond donors (Lipinski definition) is 1. The summed E-state index contributed by atoms with van der Waals surface area (Å²) < 4.78 is 0. The van der Waals surface area contributed by atoms with Gasteiger partial charge in [0.1, 0.15) is 0 Å². The lowest BCUT2D eigenvalue weighted by molar-refractivity contribution is -0.124. The Bertz CT molecular complexity index is 232. The summed E-state index contributed by atoms with van der Waals surface area (Å²) in [6.45, 7) is 1.64. The largest absolute Gasteiger partial charge is 0.289 e. The molecule has 0 spiro atoms. The van der Waals surface area contributed by atoms with Crippen molar-refractivity contribution in [2.75, 3.05) is 5.33 Å². The van der Waals surface area contributed by atoms with Gasteiger partial charge in [0, 0.05) is 16.5 Å². The predicted octanol–water partition coefficient (Wildman–Crippen LogP) is 0.354. The first-order valence-electron chi connectivity index (χ1n) is 2.78. The van der Waals surface area contributed by atoms with Crippen molar-refractivity contribution >= 4 is 27.7 Å². The second-order valence-electron chi connectivity index (χ2n) is 2.02. The quantitative estimate of drug-likeness (QED) is 0.494. The first-order valence-corrected chi connectivity index (χ1v) is 3.90. The zero-order valence-corrected chi connectivity index (χ0v) is 6.99. The average molecular weight is 204 g/mol. The maximum absolute atomic E-state index is 10.8. The van der Waals surface area contributed by atoms with E-state index in [0.29, 0.717) is 16.5 Å². The van der Waals surface area contributed by atoms with Crippen LogP contribution in [0.15, 0.2) is 11.1 Å². The van der Waals surface area contributed by atoms with Gasteiger partial charge in [-0.3, -0.25) is 14.9 Å². The van der Waals surface area contributed by atoms with Crippen LogP contribution >= 0.6 is 15.9 Å². The molecule has 0 aromatic heterocycles. The molecule has 1 aliphatic heterocycles. The molecule has 0 aromatic rings. The Hall–Kier alpha value is -0.640. The number of carbonyl (C=O) groups excluding carboxylic acids is 2. The van der Waals surface area contributed by atoms with E-state index in [0.717, 1.165) is 0 Å². The Balaban J connectivity index is 3.01. The summed E-state index contributed by atoms with van der Waals surface area (Å²) in [7, 11) is 0. The molecule has 0 saturated carbocycles. The summed E-state index contributed by atoms with van der Waals surface area (Å²) in [5.41, 5.74) is 1.05. The van der Waals surface area contributed by atoms with E-state index < -0.39 is 0 Å². The second-order valence-corrected chi connectivity index (χ2v) is 2.58. The molecule has 1 aliphatic rings. The van der Waals surface area contributed by atoms with Crippen molar-refractivity contribution < 1.29 is 9.59 Å². The van der Waals surface area contributed by atoms with Crippen LogP contribution in [0.3, 0.4) is 0 Å². The van der Waals surface area contributed by atoms with Crippen molar-refractivity contribution in [1.29, 1.82) is 0 Å². The van der Waals surface area contributed by atoms with E-state index in [1.54, 1.807) is 6.92 Å². The van der Waals surface area contributed by atoms with E-state index in [1.807, 2.05) is 0 Å². The first kappa shape index (κ1) is 7.47. The van der Waals surface area contributed by atoms with Gasteiger partial charge < -0.3 is 0 Å². The normalized spacial score (nSPS) is 18.2. The summed E-state index contributed by atoms with van der Waals surface area (Å²) in [5.74, 6) is -0.557. The first-order chi connectivity index (χ1) is 4.66. The number of imide groups is 1. The van der Waals surface area contributed by atoms with Crippen LogP contribution in [0.25, 0.3) is 0 Å². The SMILES string of the molecule is CC1=C(CBr)C(=O)NC1=O. The third-order valence-corrected chi connectivity index (χ3v) is 1.99. The molecule has 0 unspecified atom stereocenters. The zero-order valence-electron chi connectivity index (χ0n) is 5.40. The van der Waals surface area contributed by atoms with Crippen LogP contribution in [0.2, 0.25) is 0 Å². The van der Waals surface area contributed by atoms with E-state index in [4.69, 9.17) is 0 Å². The van der Waals surface area contributed by atoms with Gasteiger partial charge in [-0.2, -0.15) is 0 Å². The van der Waals surface area contributed by atoms with Gasteiger partial charge in [-0.15, -0.1) is 0 Å². The predicted molar refractivity (Wildman–Crippen MR) is 39.6 cm³/mol. The molecule has 0 radical (unpaired) electrons. The van der Waals surface area contributed by atoms with Gasteiger partial charge in [0.2, 0.25) is 0 Å². The van der Waals surface area contributed by atoms with Gasteiger partial charge in [-0.1, -0.05) is 15.9 Å². The lowest BCUT2D eigenvalue weighted by atomic mass is 10.2. The van der Waals surface area contributed by atoms with E-state index in [9.17, 15) is 9.59 Å². The monoisotopic (exact) mass is 203 g/mol. The van der Waals surface area contributed by atoms with Crippen LogP contribution in [0.5, 0.6) is 0 Å². The smallest absolute Gasteiger partial charge is 0.255 e. The molecule has 10 heavy (non-hydrogen) atoms. The maximum Gasteiger partial charge on any atom is 0.255 e. The second kappa shape index (κ2) is 2.54. The summed E-state index contributed by atoms with van der Waals surface area (Å²) in [6, 6.07) is 0. The van der Waals surface area contributed by atoms with Crippen LogP contribution in [0.4, 0.5) is 0 Å². The molecule has 1 heterocycles. The van der Waals surface area contributed by atoms with E-state index in [-0.39, 0.29) is 11.8 Å². The number of nitrogens with one attached hydrogen (secondary N) is 1. The molecule has 2 amide bonds. The molecule has 0 saturated heterocycles. The Kier molecular flexibility index (Phi) is 1.89. The molecule has 0 aromatic carbocycles.